The Morgan fingerprint density at radius 3 is 2.33 bits per heavy atom. The maximum atomic E-state index is 10.6. The standard InChI is InChI=1S/C12H6O3/c13-7-8-1-2-10-6-11(12(14)15)4-3-9(10)5-8/h1-6H. The van der Waals surface area contributed by atoms with Gasteiger partial charge in [-0.1, -0.05) is 18.2 Å². The molecule has 2 radical (unpaired) electrons. The van der Waals surface area contributed by atoms with Crippen LogP contribution in [0, 0.1) is 0 Å². The molecule has 2 aromatic carbocycles. The highest BCUT2D eigenvalue weighted by Gasteiger charge is 2.05. The molecule has 3 nitrogen and oxygen atoms in total. The van der Waals surface area contributed by atoms with E-state index in [2.05, 4.69) is 0 Å². The largest absolute Gasteiger partial charge is 0.386 e. The number of fused-ring (bicyclic) bond motifs is 1. The Morgan fingerprint density at radius 1 is 1.00 bits per heavy atom. The zero-order valence-electron chi connectivity index (χ0n) is 7.69. The van der Waals surface area contributed by atoms with Gasteiger partial charge in [0, 0.05) is 5.56 Å². The molecule has 0 saturated carbocycles. The SMILES string of the molecule is [O]C(=O)c1ccc2cc([C]=O)ccc2c1. The molecule has 0 saturated heterocycles. The first-order chi connectivity index (χ1) is 7.20. The lowest BCUT2D eigenvalue weighted by atomic mass is 10.0. The Labute approximate surface area is 86.0 Å². The average molecular weight is 198 g/mol. The van der Waals surface area contributed by atoms with Crippen LogP contribution in [0.1, 0.15) is 15.9 Å². The third kappa shape index (κ3) is 1.72. The lowest BCUT2D eigenvalue weighted by Crippen LogP contribution is -1.93. The molecule has 0 spiro atoms. The second kappa shape index (κ2) is 3.53. The van der Waals surface area contributed by atoms with Crippen molar-refractivity contribution in [2.24, 2.45) is 0 Å². The van der Waals surface area contributed by atoms with Gasteiger partial charge in [0.15, 0.2) is 0 Å². The van der Waals surface area contributed by atoms with Crippen molar-refractivity contribution in [2.75, 3.05) is 0 Å². The van der Waals surface area contributed by atoms with Crippen molar-refractivity contribution in [3.63, 3.8) is 0 Å². The van der Waals surface area contributed by atoms with Gasteiger partial charge in [-0.25, -0.2) is 9.90 Å². The van der Waals surface area contributed by atoms with Gasteiger partial charge in [0.05, 0.1) is 5.56 Å². The van der Waals surface area contributed by atoms with Crippen LogP contribution in [-0.2, 0) is 9.90 Å². The van der Waals surface area contributed by atoms with E-state index in [0.29, 0.717) is 5.56 Å². The molecular formula is C12H6O3. The van der Waals surface area contributed by atoms with Crippen molar-refractivity contribution >= 4 is 23.0 Å². The zero-order chi connectivity index (χ0) is 10.8. The third-order valence-electron chi connectivity index (χ3n) is 2.19. The fourth-order valence-electron chi connectivity index (χ4n) is 1.44. The van der Waals surface area contributed by atoms with Crippen molar-refractivity contribution in [3.8, 4) is 0 Å². The summed E-state index contributed by atoms with van der Waals surface area (Å²) in [5.41, 5.74) is 0.578. The Balaban J connectivity index is 2.64. The van der Waals surface area contributed by atoms with Gasteiger partial charge in [-0.15, -0.1) is 0 Å². The van der Waals surface area contributed by atoms with Crippen LogP contribution in [0.15, 0.2) is 36.4 Å². The summed E-state index contributed by atoms with van der Waals surface area (Å²) in [6.45, 7) is 0. The first-order valence-electron chi connectivity index (χ1n) is 4.34. The summed E-state index contributed by atoms with van der Waals surface area (Å²) in [5, 5.41) is 12.2. The lowest BCUT2D eigenvalue weighted by molar-refractivity contribution is 0.0573. The highest BCUT2D eigenvalue weighted by atomic mass is 16.4. The molecule has 0 fully saturated rings. The highest BCUT2D eigenvalue weighted by molar-refractivity contribution is 5.95. The maximum absolute atomic E-state index is 10.6. The molecule has 15 heavy (non-hydrogen) atoms. The van der Waals surface area contributed by atoms with Gasteiger partial charge >= 0.3 is 5.97 Å². The summed E-state index contributed by atoms with van der Waals surface area (Å²) in [6.07, 6.45) is 1.78. The normalized spacial score (nSPS) is 10.1. The van der Waals surface area contributed by atoms with E-state index in [1.54, 1.807) is 30.6 Å². The molecule has 0 heterocycles. The van der Waals surface area contributed by atoms with Gasteiger partial charge in [0.25, 0.3) is 0 Å². The van der Waals surface area contributed by atoms with Crippen LogP contribution >= 0.6 is 0 Å². The minimum absolute atomic E-state index is 0.130. The van der Waals surface area contributed by atoms with Crippen molar-refractivity contribution < 1.29 is 14.7 Å². The number of rotatable bonds is 2. The highest BCUT2D eigenvalue weighted by Crippen LogP contribution is 2.17. The first kappa shape index (κ1) is 9.40. The molecule has 0 unspecified atom stereocenters. The lowest BCUT2D eigenvalue weighted by Gasteiger charge is -1.99. The summed E-state index contributed by atoms with van der Waals surface area (Å²) in [7, 11) is 0. The van der Waals surface area contributed by atoms with E-state index < -0.39 is 5.97 Å². The summed E-state index contributed by atoms with van der Waals surface area (Å²) in [5.74, 6) is -1.21. The molecule has 2 aromatic rings. The Bertz CT molecular complexity index is 544. The van der Waals surface area contributed by atoms with Crippen LogP contribution in [0.25, 0.3) is 10.8 Å². The van der Waals surface area contributed by atoms with Crippen LogP contribution in [0.2, 0.25) is 0 Å². The molecule has 0 atom stereocenters. The van der Waals surface area contributed by atoms with Crippen LogP contribution in [0.4, 0.5) is 0 Å². The minimum atomic E-state index is -1.21. The van der Waals surface area contributed by atoms with Crippen molar-refractivity contribution in [1.29, 1.82) is 0 Å². The molecule has 0 aliphatic rings. The molecule has 0 bridgehead atoms. The summed E-state index contributed by atoms with van der Waals surface area (Å²) in [4.78, 5) is 21.0. The topological polar surface area (TPSA) is 54.0 Å². The quantitative estimate of drug-likeness (QED) is 0.739. The monoisotopic (exact) mass is 198 g/mol. The average Bonchev–Trinajstić information content (AvgIpc) is 2.27. The van der Waals surface area contributed by atoms with E-state index in [1.807, 2.05) is 0 Å². The second-order valence-electron chi connectivity index (χ2n) is 3.17. The van der Waals surface area contributed by atoms with Crippen LogP contribution in [-0.4, -0.2) is 12.3 Å². The molecule has 2 rings (SSSR count). The fourth-order valence-corrected chi connectivity index (χ4v) is 1.44. The molecule has 0 aliphatic heterocycles. The van der Waals surface area contributed by atoms with Crippen molar-refractivity contribution in [2.45, 2.75) is 0 Å². The van der Waals surface area contributed by atoms with Crippen molar-refractivity contribution in [3.05, 3.63) is 47.5 Å². The Morgan fingerprint density at radius 2 is 1.67 bits per heavy atom. The van der Waals surface area contributed by atoms with E-state index in [-0.39, 0.29) is 5.56 Å². The first-order valence-corrected chi connectivity index (χ1v) is 4.34. The number of hydrogen-bond acceptors (Lipinski definition) is 2. The number of benzene rings is 2. The predicted molar refractivity (Wildman–Crippen MR) is 53.8 cm³/mol. The Hall–Kier alpha value is -2.16. The molecule has 0 aromatic heterocycles. The predicted octanol–water partition coefficient (Wildman–Crippen LogP) is 1.87. The summed E-state index contributed by atoms with van der Waals surface area (Å²) < 4.78 is 0. The van der Waals surface area contributed by atoms with E-state index in [9.17, 15) is 14.7 Å². The maximum Gasteiger partial charge on any atom is 0.386 e. The smallest absolute Gasteiger partial charge is 0.285 e. The second-order valence-corrected chi connectivity index (χ2v) is 3.17. The van der Waals surface area contributed by atoms with Gasteiger partial charge in [-0.3, -0.25) is 4.79 Å². The molecule has 3 heteroatoms. The number of carbonyl (C=O) groups excluding carboxylic acids is 2. The van der Waals surface area contributed by atoms with E-state index in [4.69, 9.17) is 0 Å². The van der Waals surface area contributed by atoms with Gasteiger partial charge in [0.1, 0.15) is 0 Å². The zero-order valence-corrected chi connectivity index (χ0v) is 7.69. The van der Waals surface area contributed by atoms with Crippen LogP contribution < -0.4 is 0 Å². The molecule has 0 aliphatic carbocycles. The van der Waals surface area contributed by atoms with E-state index >= 15 is 0 Å². The van der Waals surface area contributed by atoms with Crippen molar-refractivity contribution in [1.82, 2.24) is 0 Å². The molecule has 0 N–H and O–H groups in total. The fraction of sp³-hybridized carbons (Fsp3) is 0. The number of carbonyl (C=O) groups is 1. The molecule has 72 valence electrons. The van der Waals surface area contributed by atoms with Crippen LogP contribution in [0.5, 0.6) is 0 Å². The van der Waals surface area contributed by atoms with Gasteiger partial charge in [-0.2, -0.15) is 0 Å². The molecule has 0 amide bonds. The van der Waals surface area contributed by atoms with E-state index in [1.165, 1.54) is 12.1 Å². The Kier molecular flexibility index (Phi) is 2.21. The van der Waals surface area contributed by atoms with Gasteiger partial charge < -0.3 is 0 Å². The van der Waals surface area contributed by atoms with Gasteiger partial charge in [0.2, 0.25) is 6.29 Å². The summed E-state index contributed by atoms with van der Waals surface area (Å²) >= 11 is 0. The van der Waals surface area contributed by atoms with Gasteiger partial charge in [-0.05, 0) is 29.0 Å². The third-order valence-corrected chi connectivity index (χ3v) is 2.19. The minimum Gasteiger partial charge on any atom is -0.285 e. The van der Waals surface area contributed by atoms with Crippen LogP contribution in [0.3, 0.4) is 0 Å². The number of hydrogen-bond donors (Lipinski definition) is 0. The van der Waals surface area contributed by atoms with E-state index in [0.717, 1.165) is 10.8 Å². The summed E-state index contributed by atoms with van der Waals surface area (Å²) in [6, 6.07) is 9.53. The molecular weight excluding hydrogens is 192 g/mol.